The van der Waals surface area contributed by atoms with Crippen molar-refractivity contribution in [3.63, 3.8) is 0 Å². The van der Waals surface area contributed by atoms with Crippen LogP contribution in [0.3, 0.4) is 0 Å². The number of pyridine rings is 2. The first-order valence-corrected chi connectivity index (χ1v) is 10.9. The Kier molecular flexibility index (Phi) is 5.68. The Morgan fingerprint density at radius 1 is 1.15 bits per heavy atom. The van der Waals surface area contributed by atoms with Crippen LogP contribution >= 0.6 is 12.4 Å². The van der Waals surface area contributed by atoms with Gasteiger partial charge in [0.25, 0.3) is 5.56 Å². The fourth-order valence-corrected chi connectivity index (χ4v) is 4.94. The monoisotopic (exact) mass is 467 g/mol. The molecule has 0 radical (unpaired) electrons. The zero-order valence-corrected chi connectivity index (χ0v) is 18.7. The normalized spacial score (nSPS) is 17.4. The number of furan rings is 1. The summed E-state index contributed by atoms with van der Waals surface area (Å²) in [4.78, 5) is 19.3. The first kappa shape index (κ1) is 21.7. The van der Waals surface area contributed by atoms with Gasteiger partial charge in [0.1, 0.15) is 29.5 Å². The summed E-state index contributed by atoms with van der Waals surface area (Å²) in [7, 11) is 0. The van der Waals surface area contributed by atoms with Crippen molar-refractivity contribution in [3.8, 4) is 11.4 Å². The van der Waals surface area contributed by atoms with Gasteiger partial charge in [-0.05, 0) is 49.7 Å². The zero-order chi connectivity index (χ0) is 21.7. The molecular weight excluding hydrogens is 445 g/mol. The number of hydrogen-bond donors (Lipinski definition) is 0. The van der Waals surface area contributed by atoms with Crippen LogP contribution < -0.4 is 10.3 Å². The summed E-state index contributed by atoms with van der Waals surface area (Å²) in [6.45, 7) is 2.38. The van der Waals surface area contributed by atoms with Crippen LogP contribution in [0.15, 0.2) is 64.1 Å². The van der Waals surface area contributed by atoms with E-state index >= 15 is 0 Å². The largest absolute Gasteiger partial charge is 0.487 e. The molecule has 0 N–H and O–H groups in total. The first-order valence-electron chi connectivity index (χ1n) is 10.9. The number of ether oxygens (including phenoxy) is 1. The molecule has 6 nitrogen and oxygen atoms in total. The van der Waals surface area contributed by atoms with Gasteiger partial charge in [0.15, 0.2) is 0 Å². The average Bonchev–Trinajstić information content (AvgIpc) is 3.42. The highest BCUT2D eigenvalue weighted by atomic mass is 35.5. The molecule has 1 atom stereocenters. The van der Waals surface area contributed by atoms with E-state index in [1.165, 1.54) is 30.5 Å². The van der Waals surface area contributed by atoms with E-state index in [1.807, 2.05) is 12.1 Å². The molecule has 0 bridgehead atoms. The summed E-state index contributed by atoms with van der Waals surface area (Å²) in [6.07, 6.45) is 6.18. The molecule has 0 spiro atoms. The molecule has 1 fully saturated rings. The van der Waals surface area contributed by atoms with Gasteiger partial charge in [-0.3, -0.25) is 19.2 Å². The second-order valence-electron chi connectivity index (χ2n) is 8.39. The van der Waals surface area contributed by atoms with Crippen molar-refractivity contribution >= 4 is 23.4 Å². The summed E-state index contributed by atoms with van der Waals surface area (Å²) in [5.74, 6) is 1.13. The van der Waals surface area contributed by atoms with Crippen LogP contribution in [-0.2, 0) is 13.0 Å². The standard InChI is InChI=1S/C25H22FN3O3.ClH/c26-16-3-4-17(27-14-16)15-31-19-7-11-29(24(30)13-19)18-5-6-20-23(12-18)32-22-8-10-28-9-1-2-21(28)25(20)22;/h3-7,11-14,21H,1-2,8-10,15H2;1H. The lowest BCUT2D eigenvalue weighted by molar-refractivity contribution is 0.233. The van der Waals surface area contributed by atoms with Crippen LogP contribution in [0.5, 0.6) is 5.75 Å². The molecule has 170 valence electrons. The predicted molar refractivity (Wildman–Crippen MR) is 125 cm³/mol. The lowest BCUT2D eigenvalue weighted by Crippen LogP contribution is -2.30. The second kappa shape index (κ2) is 8.65. The lowest BCUT2D eigenvalue weighted by atomic mass is 9.96. The number of fused-ring (bicyclic) bond motifs is 5. The predicted octanol–water partition coefficient (Wildman–Crippen LogP) is 4.81. The Labute approximate surface area is 196 Å². The van der Waals surface area contributed by atoms with Gasteiger partial charge in [0, 0.05) is 48.3 Å². The Morgan fingerprint density at radius 3 is 2.88 bits per heavy atom. The van der Waals surface area contributed by atoms with E-state index in [2.05, 4.69) is 16.0 Å². The molecule has 5 heterocycles. The maximum atomic E-state index is 13.0. The van der Waals surface area contributed by atoms with Gasteiger partial charge >= 0.3 is 0 Å². The summed E-state index contributed by atoms with van der Waals surface area (Å²) in [5, 5.41) is 1.15. The van der Waals surface area contributed by atoms with Gasteiger partial charge in [0.2, 0.25) is 0 Å². The number of aromatic nitrogens is 2. The topological polar surface area (TPSA) is 60.5 Å². The Balaban J connectivity index is 0.00000228. The van der Waals surface area contributed by atoms with Crippen LogP contribution in [0.4, 0.5) is 4.39 Å². The average molecular weight is 468 g/mol. The van der Waals surface area contributed by atoms with Gasteiger partial charge in [-0.1, -0.05) is 0 Å². The van der Waals surface area contributed by atoms with Crippen molar-refractivity contribution in [2.24, 2.45) is 0 Å². The zero-order valence-electron chi connectivity index (χ0n) is 17.9. The third-order valence-corrected chi connectivity index (χ3v) is 6.46. The van der Waals surface area contributed by atoms with Crippen molar-refractivity contribution in [1.82, 2.24) is 14.5 Å². The minimum Gasteiger partial charge on any atom is -0.487 e. The van der Waals surface area contributed by atoms with Crippen LogP contribution in [0.2, 0.25) is 0 Å². The molecule has 1 unspecified atom stereocenters. The van der Waals surface area contributed by atoms with Crippen molar-refractivity contribution in [3.05, 3.63) is 88.0 Å². The van der Waals surface area contributed by atoms with E-state index < -0.39 is 5.82 Å². The Bertz CT molecular complexity index is 1370. The lowest BCUT2D eigenvalue weighted by Gasteiger charge is -2.28. The molecule has 0 aliphatic carbocycles. The highest BCUT2D eigenvalue weighted by Gasteiger charge is 2.34. The molecule has 3 aromatic heterocycles. The number of benzene rings is 1. The molecular formula is C25H23ClFN3O3. The molecule has 0 amide bonds. The van der Waals surface area contributed by atoms with Crippen molar-refractivity contribution in [2.75, 3.05) is 13.1 Å². The van der Waals surface area contributed by atoms with Crippen LogP contribution in [-0.4, -0.2) is 27.5 Å². The number of nitrogens with zero attached hydrogens (tertiary/aromatic N) is 3. The summed E-state index contributed by atoms with van der Waals surface area (Å²) in [6, 6.07) is 12.5. The smallest absolute Gasteiger partial charge is 0.258 e. The highest BCUT2D eigenvalue weighted by molar-refractivity contribution is 5.85. The minimum atomic E-state index is -0.397. The molecule has 4 aromatic rings. The van der Waals surface area contributed by atoms with E-state index in [1.54, 1.807) is 22.9 Å². The van der Waals surface area contributed by atoms with Crippen LogP contribution in [0.25, 0.3) is 16.7 Å². The summed E-state index contributed by atoms with van der Waals surface area (Å²) in [5.41, 5.74) is 3.30. The van der Waals surface area contributed by atoms with E-state index in [-0.39, 0.29) is 24.6 Å². The second-order valence-corrected chi connectivity index (χ2v) is 8.39. The van der Waals surface area contributed by atoms with Crippen molar-refractivity contribution in [1.29, 1.82) is 0 Å². The third-order valence-electron chi connectivity index (χ3n) is 6.46. The fourth-order valence-electron chi connectivity index (χ4n) is 4.94. The number of rotatable bonds is 4. The third kappa shape index (κ3) is 3.92. The molecule has 2 aliphatic heterocycles. The molecule has 33 heavy (non-hydrogen) atoms. The highest BCUT2D eigenvalue weighted by Crippen LogP contribution is 2.43. The summed E-state index contributed by atoms with van der Waals surface area (Å²) >= 11 is 0. The molecule has 8 heteroatoms. The van der Waals surface area contributed by atoms with Crippen molar-refractivity contribution in [2.45, 2.75) is 31.9 Å². The van der Waals surface area contributed by atoms with Crippen LogP contribution in [0.1, 0.15) is 35.9 Å². The SMILES string of the molecule is Cl.O=c1cc(OCc2ccc(F)cn2)ccn1-c1ccc2c3c(oc2c1)CCN1CCCC31. The Morgan fingerprint density at radius 2 is 2.06 bits per heavy atom. The Hall–Kier alpha value is -3.16. The fraction of sp³-hybridized carbons (Fsp3) is 0.280. The van der Waals surface area contributed by atoms with E-state index in [9.17, 15) is 9.18 Å². The van der Waals surface area contributed by atoms with Crippen LogP contribution in [0, 0.1) is 5.82 Å². The van der Waals surface area contributed by atoms with Crippen molar-refractivity contribution < 1.29 is 13.5 Å². The van der Waals surface area contributed by atoms with Gasteiger partial charge in [-0.15, -0.1) is 12.4 Å². The maximum absolute atomic E-state index is 13.0. The van der Waals surface area contributed by atoms with E-state index in [0.717, 1.165) is 48.1 Å². The van der Waals surface area contributed by atoms with E-state index in [0.29, 0.717) is 17.5 Å². The molecule has 0 saturated carbocycles. The minimum absolute atomic E-state index is 0. The van der Waals surface area contributed by atoms with Gasteiger partial charge < -0.3 is 9.15 Å². The van der Waals surface area contributed by atoms with Gasteiger partial charge in [-0.2, -0.15) is 0 Å². The maximum Gasteiger partial charge on any atom is 0.258 e. The molecule has 6 rings (SSSR count). The van der Waals surface area contributed by atoms with Gasteiger partial charge in [0.05, 0.1) is 17.6 Å². The quantitative estimate of drug-likeness (QED) is 0.431. The number of hydrogen-bond acceptors (Lipinski definition) is 5. The van der Waals surface area contributed by atoms with E-state index in [4.69, 9.17) is 9.15 Å². The molecule has 2 aliphatic rings. The van der Waals surface area contributed by atoms with Gasteiger partial charge in [-0.25, -0.2) is 4.39 Å². The number of halogens is 2. The molecule has 1 aromatic carbocycles. The first-order chi connectivity index (χ1) is 15.7. The molecule has 1 saturated heterocycles. The summed E-state index contributed by atoms with van der Waals surface area (Å²) < 4.78 is 26.4.